The fourth-order valence-corrected chi connectivity index (χ4v) is 1.90. The molecule has 0 heterocycles. The monoisotopic (exact) mass is 279 g/mol. The first-order valence-corrected chi connectivity index (χ1v) is 7.54. The molecule has 1 aromatic carbocycles. The molecule has 0 atom stereocenters. The highest BCUT2D eigenvalue weighted by Gasteiger charge is 2.17. The molecule has 0 aliphatic carbocycles. The molecule has 0 saturated carbocycles. The second-order valence-corrected chi connectivity index (χ2v) is 5.92. The Labute approximate surface area is 123 Å². The summed E-state index contributed by atoms with van der Waals surface area (Å²) in [6, 6.07) is 10.5. The zero-order valence-electron chi connectivity index (χ0n) is 13.2. The lowest BCUT2D eigenvalue weighted by atomic mass is 9.95. The van der Waals surface area contributed by atoms with Crippen LogP contribution in [0.3, 0.4) is 0 Å². The van der Waals surface area contributed by atoms with Crippen LogP contribution in [0.15, 0.2) is 30.3 Å². The summed E-state index contributed by atoms with van der Waals surface area (Å²) in [5.41, 5.74) is 1.46. The number of ether oxygens (including phenoxy) is 2. The zero-order valence-corrected chi connectivity index (χ0v) is 13.2. The Hall–Kier alpha value is -0.900. The van der Waals surface area contributed by atoms with Crippen molar-refractivity contribution in [2.45, 2.75) is 33.7 Å². The normalized spacial score (nSPS) is 11.8. The van der Waals surface area contributed by atoms with Crippen LogP contribution in [0.25, 0.3) is 0 Å². The minimum absolute atomic E-state index is 0.138. The predicted octanol–water partition coefficient (Wildman–Crippen LogP) is 3.25. The summed E-state index contributed by atoms with van der Waals surface area (Å²) in [5.74, 6) is 0. The number of benzene rings is 1. The van der Waals surface area contributed by atoms with Crippen molar-refractivity contribution in [3.63, 3.8) is 0 Å². The standard InChI is InChI=1S/C17H29NO2/c1-4-10-19-11-12-20-15-17(2,3)14-18-13-16-8-6-5-7-9-16/h5-9,18H,4,10-15H2,1-3H3. The van der Waals surface area contributed by atoms with E-state index in [2.05, 4.69) is 50.4 Å². The molecular formula is C17H29NO2. The smallest absolute Gasteiger partial charge is 0.0700 e. The van der Waals surface area contributed by atoms with Crippen molar-refractivity contribution in [1.29, 1.82) is 0 Å². The molecule has 0 fully saturated rings. The molecule has 1 N–H and O–H groups in total. The van der Waals surface area contributed by atoms with Gasteiger partial charge in [-0.3, -0.25) is 0 Å². The number of rotatable bonds is 11. The molecule has 1 aromatic rings. The van der Waals surface area contributed by atoms with Crippen molar-refractivity contribution in [1.82, 2.24) is 5.32 Å². The summed E-state index contributed by atoms with van der Waals surface area (Å²) >= 11 is 0. The molecule has 20 heavy (non-hydrogen) atoms. The van der Waals surface area contributed by atoms with Gasteiger partial charge >= 0.3 is 0 Å². The molecule has 0 aromatic heterocycles. The van der Waals surface area contributed by atoms with Crippen LogP contribution >= 0.6 is 0 Å². The Bertz CT molecular complexity index is 338. The Morgan fingerprint density at radius 1 is 1.00 bits per heavy atom. The van der Waals surface area contributed by atoms with Gasteiger partial charge < -0.3 is 14.8 Å². The van der Waals surface area contributed by atoms with Crippen LogP contribution in [0.4, 0.5) is 0 Å². The first-order valence-electron chi connectivity index (χ1n) is 7.54. The maximum Gasteiger partial charge on any atom is 0.0700 e. The maximum atomic E-state index is 5.68. The van der Waals surface area contributed by atoms with Gasteiger partial charge in [-0.1, -0.05) is 51.1 Å². The highest BCUT2D eigenvalue weighted by molar-refractivity contribution is 5.14. The van der Waals surface area contributed by atoms with Crippen molar-refractivity contribution in [3.05, 3.63) is 35.9 Å². The average molecular weight is 279 g/mol. The number of hydrogen-bond donors (Lipinski definition) is 1. The van der Waals surface area contributed by atoms with E-state index in [1.54, 1.807) is 0 Å². The minimum atomic E-state index is 0.138. The third kappa shape index (κ3) is 8.31. The summed E-state index contributed by atoms with van der Waals surface area (Å²) in [5, 5.41) is 3.49. The van der Waals surface area contributed by atoms with Crippen molar-refractivity contribution in [2.24, 2.45) is 5.41 Å². The Balaban J connectivity index is 2.08. The fraction of sp³-hybridized carbons (Fsp3) is 0.647. The Morgan fingerprint density at radius 3 is 2.40 bits per heavy atom. The molecule has 0 radical (unpaired) electrons. The molecule has 0 spiro atoms. The van der Waals surface area contributed by atoms with Crippen LogP contribution in [0.1, 0.15) is 32.8 Å². The summed E-state index contributed by atoms with van der Waals surface area (Å²) in [4.78, 5) is 0. The van der Waals surface area contributed by atoms with Crippen LogP contribution in [-0.2, 0) is 16.0 Å². The molecule has 0 aliphatic heterocycles. The number of nitrogens with one attached hydrogen (secondary N) is 1. The zero-order chi connectivity index (χ0) is 14.7. The first kappa shape index (κ1) is 17.2. The molecule has 0 amide bonds. The third-order valence-corrected chi connectivity index (χ3v) is 2.99. The SMILES string of the molecule is CCCOCCOCC(C)(C)CNCc1ccccc1. The average Bonchev–Trinajstić information content (AvgIpc) is 2.44. The summed E-state index contributed by atoms with van der Waals surface area (Å²) in [6.45, 7) is 11.4. The molecule has 0 bridgehead atoms. The van der Waals surface area contributed by atoms with Crippen molar-refractivity contribution in [3.8, 4) is 0 Å². The number of hydrogen-bond acceptors (Lipinski definition) is 3. The summed E-state index contributed by atoms with van der Waals surface area (Å²) in [6.07, 6.45) is 1.06. The van der Waals surface area contributed by atoms with Gasteiger partial charge in [0.1, 0.15) is 0 Å². The lowest BCUT2D eigenvalue weighted by Crippen LogP contribution is -2.33. The highest BCUT2D eigenvalue weighted by atomic mass is 16.5. The van der Waals surface area contributed by atoms with E-state index in [9.17, 15) is 0 Å². The fourth-order valence-electron chi connectivity index (χ4n) is 1.90. The predicted molar refractivity (Wildman–Crippen MR) is 83.9 cm³/mol. The highest BCUT2D eigenvalue weighted by Crippen LogP contribution is 2.14. The van der Waals surface area contributed by atoms with Crippen molar-refractivity contribution >= 4 is 0 Å². The second kappa shape index (κ2) is 9.92. The van der Waals surface area contributed by atoms with E-state index in [4.69, 9.17) is 9.47 Å². The van der Waals surface area contributed by atoms with Gasteiger partial charge in [0.05, 0.1) is 19.8 Å². The van der Waals surface area contributed by atoms with Crippen LogP contribution < -0.4 is 5.32 Å². The van der Waals surface area contributed by atoms with E-state index in [0.717, 1.165) is 32.7 Å². The van der Waals surface area contributed by atoms with E-state index >= 15 is 0 Å². The largest absolute Gasteiger partial charge is 0.379 e. The lowest BCUT2D eigenvalue weighted by molar-refractivity contribution is 0.0150. The molecule has 0 unspecified atom stereocenters. The summed E-state index contributed by atoms with van der Waals surface area (Å²) in [7, 11) is 0. The summed E-state index contributed by atoms with van der Waals surface area (Å²) < 4.78 is 11.1. The minimum Gasteiger partial charge on any atom is -0.379 e. The van der Waals surface area contributed by atoms with E-state index in [1.807, 2.05) is 6.07 Å². The Morgan fingerprint density at radius 2 is 1.70 bits per heavy atom. The van der Waals surface area contributed by atoms with Gasteiger partial charge in [0.25, 0.3) is 0 Å². The van der Waals surface area contributed by atoms with Gasteiger partial charge in [-0.15, -0.1) is 0 Å². The second-order valence-electron chi connectivity index (χ2n) is 5.92. The lowest BCUT2D eigenvalue weighted by Gasteiger charge is -2.25. The maximum absolute atomic E-state index is 5.68. The van der Waals surface area contributed by atoms with Gasteiger partial charge in [-0.25, -0.2) is 0 Å². The van der Waals surface area contributed by atoms with Crippen LogP contribution in [0, 0.1) is 5.41 Å². The molecular weight excluding hydrogens is 250 g/mol. The topological polar surface area (TPSA) is 30.5 Å². The van der Waals surface area contributed by atoms with Crippen molar-refractivity contribution < 1.29 is 9.47 Å². The van der Waals surface area contributed by atoms with Crippen LogP contribution in [-0.4, -0.2) is 33.0 Å². The van der Waals surface area contributed by atoms with Gasteiger partial charge in [0.15, 0.2) is 0 Å². The van der Waals surface area contributed by atoms with E-state index in [0.29, 0.717) is 13.2 Å². The van der Waals surface area contributed by atoms with Crippen LogP contribution in [0.5, 0.6) is 0 Å². The van der Waals surface area contributed by atoms with Gasteiger partial charge in [-0.05, 0) is 12.0 Å². The van der Waals surface area contributed by atoms with Gasteiger partial charge in [0, 0.05) is 25.1 Å². The van der Waals surface area contributed by atoms with E-state index in [1.165, 1.54) is 5.56 Å². The van der Waals surface area contributed by atoms with Crippen LogP contribution in [0.2, 0.25) is 0 Å². The van der Waals surface area contributed by atoms with Gasteiger partial charge in [-0.2, -0.15) is 0 Å². The Kier molecular flexibility index (Phi) is 8.51. The van der Waals surface area contributed by atoms with Crippen molar-refractivity contribution in [2.75, 3.05) is 33.0 Å². The first-order chi connectivity index (χ1) is 9.64. The van der Waals surface area contributed by atoms with E-state index in [-0.39, 0.29) is 5.41 Å². The molecule has 1 rings (SSSR count). The molecule has 0 saturated heterocycles. The van der Waals surface area contributed by atoms with Gasteiger partial charge in [0.2, 0.25) is 0 Å². The van der Waals surface area contributed by atoms with E-state index < -0.39 is 0 Å². The molecule has 114 valence electrons. The molecule has 3 heteroatoms. The molecule has 0 aliphatic rings. The third-order valence-electron chi connectivity index (χ3n) is 2.99. The molecule has 3 nitrogen and oxygen atoms in total. The quantitative estimate of drug-likeness (QED) is 0.631.